The van der Waals surface area contributed by atoms with E-state index in [2.05, 4.69) is 56.3 Å². The molecular weight excluding hydrogens is 642 g/mol. The van der Waals surface area contributed by atoms with Gasteiger partial charge in [0.25, 0.3) is 11.8 Å². The Kier molecular flexibility index (Phi) is 7.93. The largest absolute Gasteiger partial charge is 0.480 e. The van der Waals surface area contributed by atoms with Gasteiger partial charge in [-0.3, -0.25) is 14.9 Å². The van der Waals surface area contributed by atoms with Crippen LogP contribution in [0.15, 0.2) is 101 Å². The number of ether oxygens (including phenoxy) is 1. The van der Waals surface area contributed by atoms with Crippen molar-refractivity contribution in [2.45, 2.75) is 24.7 Å². The number of barbiturate groups is 1. The van der Waals surface area contributed by atoms with Crippen molar-refractivity contribution >= 4 is 51.2 Å². The molecule has 0 unspecified atom stereocenters. The molecule has 3 heterocycles. The zero-order valence-corrected chi connectivity index (χ0v) is 26.5. The van der Waals surface area contributed by atoms with Crippen LogP contribution in [0, 0.1) is 12.3 Å². The molecule has 7 nitrogen and oxygen atoms in total. The van der Waals surface area contributed by atoms with Gasteiger partial charge in [0.05, 0.1) is 10.2 Å². The van der Waals surface area contributed by atoms with Gasteiger partial charge in [0.1, 0.15) is 17.9 Å². The lowest BCUT2D eigenvalue weighted by Crippen LogP contribution is -2.54. The molecule has 4 aromatic rings. The molecule has 8 heteroatoms. The second kappa shape index (κ2) is 12.3. The van der Waals surface area contributed by atoms with Gasteiger partial charge >= 0.3 is 6.03 Å². The van der Waals surface area contributed by atoms with Gasteiger partial charge in [-0.2, -0.15) is 0 Å². The first-order chi connectivity index (χ1) is 22.4. The highest BCUT2D eigenvalue weighted by Gasteiger charge is 2.40. The number of hydrogen-bond donors (Lipinski definition) is 1. The van der Waals surface area contributed by atoms with E-state index in [9.17, 15) is 14.4 Å². The van der Waals surface area contributed by atoms with Gasteiger partial charge in [-0.25, -0.2) is 9.69 Å². The third-order valence-corrected chi connectivity index (χ3v) is 9.56. The predicted molar refractivity (Wildman–Crippen MR) is 182 cm³/mol. The molecule has 0 aliphatic carbocycles. The maximum Gasteiger partial charge on any atom is 0.335 e. The van der Waals surface area contributed by atoms with E-state index in [-0.39, 0.29) is 24.0 Å². The van der Waals surface area contributed by atoms with Gasteiger partial charge < -0.3 is 9.64 Å². The highest BCUT2D eigenvalue weighted by atomic mass is 79.9. The smallest absolute Gasteiger partial charge is 0.335 e. The number of hydrogen-bond acceptors (Lipinski definition) is 5. The fraction of sp³-hybridized carbons (Fsp3) is 0.184. The summed E-state index contributed by atoms with van der Waals surface area (Å²) in [6, 6.07) is 29.0. The summed E-state index contributed by atoms with van der Waals surface area (Å²) in [4.78, 5) is 44.2. The second-order valence-corrected chi connectivity index (χ2v) is 12.5. The number of rotatable bonds is 6. The number of amides is 4. The van der Waals surface area contributed by atoms with Gasteiger partial charge in [-0.05, 0) is 86.9 Å². The Labute approximate surface area is 276 Å². The lowest BCUT2D eigenvalue weighted by molar-refractivity contribution is -0.122. The number of halogens is 1. The predicted octanol–water partition coefficient (Wildman–Crippen LogP) is 7.01. The second-order valence-electron chi connectivity index (χ2n) is 11.6. The molecule has 3 aliphatic rings. The number of nitrogens with one attached hydrogen (secondary N) is 1. The average molecular weight is 673 g/mol. The number of anilines is 2. The van der Waals surface area contributed by atoms with E-state index < -0.39 is 17.8 Å². The van der Waals surface area contributed by atoms with E-state index in [1.165, 1.54) is 22.9 Å². The van der Waals surface area contributed by atoms with Crippen LogP contribution in [0.4, 0.5) is 16.2 Å². The first kappa shape index (κ1) is 29.6. The molecule has 228 valence electrons. The number of terminal acetylenes is 1. The summed E-state index contributed by atoms with van der Waals surface area (Å²) in [5.74, 6) is 1.72. The summed E-state index contributed by atoms with van der Waals surface area (Å²) in [5.41, 5.74) is 6.60. The molecular formula is C38H30BrN3O4. The number of urea groups is 1. The lowest BCUT2D eigenvalue weighted by Gasteiger charge is -2.44. The standard InChI is InChI=1S/C38H30BrN3O4/c1-2-19-46-34-14-13-24(21-33(34)39)20-32-36(43)40-38(45)42(37(32)44)27-22-30-28(25-9-5-3-6-10-25)15-17-41-18-16-29(31(23-27)35(30)41)26-11-7-4-8-12-26/h1,3-14,20-23,28-29H,15-19H2,(H,40,43,45)/b32-20+/t28-,29-/m0/s1. The minimum absolute atomic E-state index is 0.0906. The molecule has 7 rings (SSSR count). The van der Waals surface area contributed by atoms with Crippen LogP contribution in [0.2, 0.25) is 0 Å². The monoisotopic (exact) mass is 671 g/mol. The van der Waals surface area contributed by atoms with Crippen molar-refractivity contribution in [2.75, 3.05) is 29.5 Å². The highest BCUT2D eigenvalue weighted by molar-refractivity contribution is 9.10. The molecule has 0 radical (unpaired) electrons. The molecule has 1 fully saturated rings. The van der Waals surface area contributed by atoms with Crippen LogP contribution in [-0.2, 0) is 9.59 Å². The van der Waals surface area contributed by atoms with Gasteiger partial charge in [-0.1, -0.05) is 72.7 Å². The Morgan fingerprint density at radius 1 is 0.870 bits per heavy atom. The van der Waals surface area contributed by atoms with E-state index in [1.54, 1.807) is 18.2 Å². The third-order valence-electron chi connectivity index (χ3n) is 8.94. The SMILES string of the molecule is C#CCOc1ccc(/C=C2\C(=O)NC(=O)N(c3cc4c5c(c3)[C@H](c3ccccc3)CCN5CC[C@H]4c3ccccc3)C2=O)cc1Br. The van der Waals surface area contributed by atoms with E-state index >= 15 is 0 Å². The molecule has 46 heavy (non-hydrogen) atoms. The summed E-state index contributed by atoms with van der Waals surface area (Å²) < 4.78 is 6.13. The zero-order chi connectivity index (χ0) is 31.8. The zero-order valence-electron chi connectivity index (χ0n) is 24.9. The van der Waals surface area contributed by atoms with E-state index in [0.717, 1.165) is 42.0 Å². The van der Waals surface area contributed by atoms with Crippen LogP contribution in [0.5, 0.6) is 5.75 Å². The molecule has 3 aliphatic heterocycles. The Bertz CT molecular complexity index is 1860. The summed E-state index contributed by atoms with van der Waals surface area (Å²) in [5, 5.41) is 2.40. The summed E-state index contributed by atoms with van der Waals surface area (Å²) in [6.45, 7) is 1.95. The molecule has 4 amide bonds. The molecule has 0 saturated carbocycles. The molecule has 1 N–H and O–H groups in total. The first-order valence-electron chi connectivity index (χ1n) is 15.2. The fourth-order valence-electron chi connectivity index (χ4n) is 6.87. The highest BCUT2D eigenvalue weighted by Crippen LogP contribution is 2.50. The van der Waals surface area contributed by atoms with Gasteiger partial charge in [0.15, 0.2) is 0 Å². The fourth-order valence-corrected chi connectivity index (χ4v) is 7.38. The van der Waals surface area contributed by atoms with Gasteiger partial charge in [0, 0.05) is 30.6 Å². The number of nitrogens with zero attached hydrogens (tertiary/aromatic N) is 2. The number of carbonyl (C=O) groups is 3. The summed E-state index contributed by atoms with van der Waals surface area (Å²) in [7, 11) is 0. The number of carbonyl (C=O) groups excluding carboxylic acids is 3. The van der Waals surface area contributed by atoms with Gasteiger partial charge in [-0.15, -0.1) is 6.42 Å². The van der Waals surface area contributed by atoms with Crippen LogP contribution in [-0.4, -0.2) is 37.5 Å². The summed E-state index contributed by atoms with van der Waals surface area (Å²) in [6.07, 6.45) is 8.61. The van der Waals surface area contributed by atoms with Gasteiger partial charge in [0.2, 0.25) is 0 Å². The van der Waals surface area contributed by atoms with Crippen molar-refractivity contribution < 1.29 is 19.1 Å². The van der Waals surface area contributed by atoms with E-state index in [0.29, 0.717) is 21.5 Å². The maximum atomic E-state index is 14.1. The Morgan fingerprint density at radius 2 is 1.48 bits per heavy atom. The first-order valence-corrected chi connectivity index (χ1v) is 16.0. The number of imide groups is 2. The molecule has 0 aromatic heterocycles. The molecule has 2 atom stereocenters. The summed E-state index contributed by atoms with van der Waals surface area (Å²) >= 11 is 3.46. The molecule has 0 spiro atoms. The van der Waals surface area contributed by atoms with Crippen molar-refractivity contribution in [3.8, 4) is 18.1 Å². The Morgan fingerprint density at radius 3 is 2.04 bits per heavy atom. The molecule has 1 saturated heterocycles. The van der Waals surface area contributed by atoms with Crippen LogP contribution >= 0.6 is 15.9 Å². The third kappa shape index (κ3) is 5.37. The van der Waals surface area contributed by atoms with Crippen molar-refractivity contribution in [2.24, 2.45) is 0 Å². The van der Waals surface area contributed by atoms with Crippen molar-refractivity contribution in [3.63, 3.8) is 0 Å². The average Bonchev–Trinajstić information content (AvgIpc) is 3.07. The van der Waals surface area contributed by atoms with Crippen LogP contribution < -0.4 is 19.9 Å². The molecule has 0 bridgehead atoms. The van der Waals surface area contributed by atoms with Crippen molar-refractivity contribution in [3.05, 3.63) is 129 Å². The Balaban J connectivity index is 1.34. The minimum Gasteiger partial charge on any atom is -0.480 e. The minimum atomic E-state index is -0.769. The maximum absolute atomic E-state index is 14.1. The quantitative estimate of drug-likeness (QED) is 0.136. The Hall–Kier alpha value is -5.13. The lowest BCUT2D eigenvalue weighted by atomic mass is 9.76. The topological polar surface area (TPSA) is 79.0 Å². The molecule has 4 aromatic carbocycles. The van der Waals surface area contributed by atoms with E-state index in [1.807, 2.05) is 48.5 Å². The van der Waals surface area contributed by atoms with Crippen molar-refractivity contribution in [1.82, 2.24) is 5.32 Å². The van der Waals surface area contributed by atoms with Crippen LogP contribution in [0.25, 0.3) is 6.08 Å². The van der Waals surface area contributed by atoms with Crippen LogP contribution in [0.1, 0.15) is 52.5 Å². The van der Waals surface area contributed by atoms with E-state index in [4.69, 9.17) is 11.2 Å². The normalized spacial score (nSPS) is 19.8. The van der Waals surface area contributed by atoms with Crippen molar-refractivity contribution in [1.29, 1.82) is 0 Å². The van der Waals surface area contributed by atoms with Crippen LogP contribution in [0.3, 0.4) is 0 Å². The number of benzene rings is 4.